The summed E-state index contributed by atoms with van der Waals surface area (Å²) < 4.78 is 26.2. The molecule has 0 aliphatic rings. The van der Waals surface area contributed by atoms with Gasteiger partial charge < -0.3 is 5.32 Å². The van der Waals surface area contributed by atoms with E-state index >= 15 is 0 Å². The third kappa shape index (κ3) is 4.80. The Kier molecular flexibility index (Phi) is 5.85. The van der Waals surface area contributed by atoms with Crippen molar-refractivity contribution in [3.8, 4) is 0 Å². The molecule has 1 atom stereocenters. The van der Waals surface area contributed by atoms with Crippen LogP contribution in [0.3, 0.4) is 0 Å². The van der Waals surface area contributed by atoms with Crippen LogP contribution in [0.1, 0.15) is 31.6 Å². The van der Waals surface area contributed by atoms with Gasteiger partial charge in [-0.2, -0.15) is 0 Å². The van der Waals surface area contributed by atoms with Gasteiger partial charge in [0.1, 0.15) is 5.25 Å². The van der Waals surface area contributed by atoms with Crippen LogP contribution in [0, 0.1) is 5.41 Å². The van der Waals surface area contributed by atoms with Gasteiger partial charge in [0.15, 0.2) is 9.84 Å². The van der Waals surface area contributed by atoms with E-state index in [1.807, 2.05) is 0 Å². The summed E-state index contributed by atoms with van der Waals surface area (Å²) in [6, 6.07) is 9.35. The van der Waals surface area contributed by atoms with Crippen LogP contribution in [0.2, 0.25) is 5.02 Å². The van der Waals surface area contributed by atoms with Crippen LogP contribution < -0.4 is 5.32 Å². The molecule has 0 radical (unpaired) electrons. The van der Waals surface area contributed by atoms with Crippen molar-refractivity contribution in [1.29, 1.82) is 0 Å². The van der Waals surface area contributed by atoms with Gasteiger partial charge in [0, 0.05) is 29.4 Å². The Balaban J connectivity index is 2.38. The summed E-state index contributed by atoms with van der Waals surface area (Å²) in [5, 5.41) is 2.26. The molecule has 7 heteroatoms. The molecule has 134 valence electrons. The summed E-state index contributed by atoms with van der Waals surface area (Å²) in [5.74, 6) is -0.215. The highest BCUT2D eigenvalue weighted by Gasteiger charge is 2.31. The van der Waals surface area contributed by atoms with Crippen LogP contribution >= 0.6 is 11.6 Å². The smallest absolute Gasteiger partial charge is 0.225 e. The predicted molar refractivity (Wildman–Crippen MR) is 98.1 cm³/mol. The number of rotatable bonds is 5. The first-order valence-electron chi connectivity index (χ1n) is 7.80. The zero-order chi connectivity index (χ0) is 18.7. The number of halogens is 1. The van der Waals surface area contributed by atoms with Gasteiger partial charge in [-0.1, -0.05) is 38.4 Å². The zero-order valence-corrected chi connectivity index (χ0v) is 15.9. The average Bonchev–Trinajstić information content (AvgIpc) is 2.55. The molecule has 0 saturated heterocycles. The number of hydrogen-bond acceptors (Lipinski definition) is 4. The van der Waals surface area contributed by atoms with Crippen molar-refractivity contribution in [3.63, 3.8) is 0 Å². The first-order chi connectivity index (χ1) is 11.6. The summed E-state index contributed by atoms with van der Waals surface area (Å²) in [5.41, 5.74) is -0.0876. The molecule has 0 aliphatic heterocycles. The zero-order valence-electron chi connectivity index (χ0n) is 14.4. The first-order valence-corrected chi connectivity index (χ1v) is 9.72. The Morgan fingerprint density at radius 2 is 1.84 bits per heavy atom. The van der Waals surface area contributed by atoms with Gasteiger partial charge in [0.25, 0.3) is 0 Å². The van der Waals surface area contributed by atoms with Crippen molar-refractivity contribution in [2.24, 2.45) is 5.41 Å². The van der Waals surface area contributed by atoms with E-state index in [0.717, 1.165) is 0 Å². The number of pyridine rings is 1. The minimum absolute atomic E-state index is 0.0350. The summed E-state index contributed by atoms with van der Waals surface area (Å²) in [6.45, 7) is 5.28. The Morgan fingerprint density at radius 3 is 2.36 bits per heavy atom. The second-order valence-corrected chi connectivity index (χ2v) is 9.30. The van der Waals surface area contributed by atoms with Crippen LogP contribution in [-0.2, 0) is 14.6 Å². The minimum Gasteiger partial charge on any atom is -0.354 e. The van der Waals surface area contributed by atoms with E-state index in [4.69, 9.17) is 11.6 Å². The lowest BCUT2D eigenvalue weighted by Gasteiger charge is -2.22. The van der Waals surface area contributed by atoms with Crippen molar-refractivity contribution in [1.82, 2.24) is 10.3 Å². The summed E-state index contributed by atoms with van der Waals surface area (Å²) in [7, 11) is -3.73. The highest BCUT2D eigenvalue weighted by molar-refractivity contribution is 7.91. The molecule has 2 aromatic rings. The number of carbonyl (C=O) groups is 1. The molecule has 0 saturated carbocycles. The number of sulfone groups is 1. The number of nitrogens with zero attached hydrogens (tertiary/aromatic N) is 1. The molecule has 2 rings (SSSR count). The van der Waals surface area contributed by atoms with Crippen LogP contribution in [-0.4, -0.2) is 25.9 Å². The lowest BCUT2D eigenvalue weighted by molar-refractivity contribution is -0.128. The highest BCUT2D eigenvalue weighted by atomic mass is 35.5. The molecule has 1 N–H and O–H groups in total. The molecular weight excluding hydrogens is 360 g/mol. The van der Waals surface area contributed by atoms with Gasteiger partial charge in [-0.25, -0.2) is 8.42 Å². The van der Waals surface area contributed by atoms with Crippen molar-refractivity contribution >= 4 is 27.3 Å². The number of amides is 1. The molecule has 1 heterocycles. The number of aromatic nitrogens is 1. The second-order valence-electron chi connectivity index (χ2n) is 6.73. The molecular formula is C18H21ClN2O3S. The topological polar surface area (TPSA) is 76.1 Å². The fourth-order valence-corrected chi connectivity index (χ4v) is 3.98. The highest BCUT2D eigenvalue weighted by Crippen LogP contribution is 2.29. The monoisotopic (exact) mass is 380 g/mol. The molecule has 0 aliphatic carbocycles. The molecule has 0 fully saturated rings. The maximum Gasteiger partial charge on any atom is 0.225 e. The van der Waals surface area contributed by atoms with Crippen LogP contribution in [0.15, 0.2) is 53.7 Å². The van der Waals surface area contributed by atoms with Crippen molar-refractivity contribution in [2.75, 3.05) is 6.54 Å². The van der Waals surface area contributed by atoms with Gasteiger partial charge in [0.2, 0.25) is 5.91 Å². The number of nitrogens with one attached hydrogen (secondary N) is 1. The minimum atomic E-state index is -3.73. The molecule has 0 unspecified atom stereocenters. The van der Waals surface area contributed by atoms with E-state index in [2.05, 4.69) is 10.3 Å². The number of benzene rings is 1. The van der Waals surface area contributed by atoms with Gasteiger partial charge in [-0.3, -0.25) is 9.78 Å². The normalized spacial score (nSPS) is 13.3. The number of hydrogen-bond donors (Lipinski definition) is 1. The second kappa shape index (κ2) is 7.54. The van der Waals surface area contributed by atoms with Crippen LogP contribution in [0.4, 0.5) is 0 Å². The fourth-order valence-electron chi connectivity index (χ4n) is 2.21. The van der Waals surface area contributed by atoms with Crippen LogP contribution in [0.5, 0.6) is 0 Å². The van der Waals surface area contributed by atoms with Crippen molar-refractivity contribution in [2.45, 2.75) is 30.9 Å². The van der Waals surface area contributed by atoms with Gasteiger partial charge in [0.05, 0.1) is 4.90 Å². The average molecular weight is 381 g/mol. The van der Waals surface area contributed by atoms with Gasteiger partial charge in [-0.15, -0.1) is 0 Å². The maximum atomic E-state index is 13.1. The van der Waals surface area contributed by atoms with Crippen molar-refractivity contribution in [3.05, 3.63) is 59.4 Å². The summed E-state index contributed by atoms with van der Waals surface area (Å²) in [6.07, 6.45) is 3.07. The Morgan fingerprint density at radius 1 is 1.20 bits per heavy atom. The lowest BCUT2D eigenvalue weighted by Crippen LogP contribution is -2.38. The molecule has 1 aromatic carbocycles. The molecule has 25 heavy (non-hydrogen) atoms. The first kappa shape index (κ1) is 19.4. The Hall–Kier alpha value is -1.92. The molecule has 1 amide bonds. The fraction of sp³-hybridized carbons (Fsp3) is 0.333. The quantitative estimate of drug-likeness (QED) is 0.862. The van der Waals surface area contributed by atoms with Gasteiger partial charge >= 0.3 is 0 Å². The van der Waals surface area contributed by atoms with E-state index in [1.54, 1.807) is 39.1 Å². The Bertz CT molecular complexity index is 829. The SMILES string of the molecule is CC(C)(C)C(=O)NC[C@@H](c1cccnc1)S(=O)(=O)c1ccc(Cl)cc1. The van der Waals surface area contributed by atoms with E-state index in [0.29, 0.717) is 10.6 Å². The molecule has 0 bridgehead atoms. The largest absolute Gasteiger partial charge is 0.354 e. The third-order valence-electron chi connectivity index (χ3n) is 3.70. The lowest BCUT2D eigenvalue weighted by atomic mass is 9.95. The third-order valence-corrected chi connectivity index (χ3v) is 6.07. The molecule has 0 spiro atoms. The van der Waals surface area contributed by atoms with E-state index in [-0.39, 0.29) is 17.3 Å². The molecule has 5 nitrogen and oxygen atoms in total. The van der Waals surface area contributed by atoms with Crippen LogP contribution in [0.25, 0.3) is 0 Å². The number of carbonyl (C=O) groups excluding carboxylic acids is 1. The Labute approximate surface area is 153 Å². The standard InChI is InChI=1S/C18H21ClN2O3S/c1-18(2,3)17(22)21-12-16(13-5-4-10-20-11-13)25(23,24)15-8-6-14(19)7-9-15/h4-11,16H,12H2,1-3H3,(H,21,22)/t16-/m0/s1. The van der Waals surface area contributed by atoms with E-state index in [1.165, 1.54) is 30.5 Å². The summed E-state index contributed by atoms with van der Waals surface area (Å²) >= 11 is 5.85. The summed E-state index contributed by atoms with van der Waals surface area (Å²) in [4.78, 5) is 16.3. The predicted octanol–water partition coefficient (Wildman–Crippen LogP) is 3.41. The van der Waals surface area contributed by atoms with E-state index < -0.39 is 20.5 Å². The van der Waals surface area contributed by atoms with Gasteiger partial charge in [-0.05, 0) is 35.9 Å². The maximum absolute atomic E-state index is 13.1. The van der Waals surface area contributed by atoms with E-state index in [9.17, 15) is 13.2 Å². The molecule has 1 aromatic heterocycles. The van der Waals surface area contributed by atoms with Crippen molar-refractivity contribution < 1.29 is 13.2 Å².